The van der Waals surface area contributed by atoms with Crippen molar-refractivity contribution in [3.05, 3.63) is 94.0 Å². The molecule has 0 aromatic heterocycles. The summed E-state index contributed by atoms with van der Waals surface area (Å²) in [6.07, 6.45) is 0. The van der Waals surface area contributed by atoms with Gasteiger partial charge in [-0.25, -0.2) is 0 Å². The van der Waals surface area contributed by atoms with Crippen LogP contribution in [0.15, 0.2) is 77.3 Å². The van der Waals surface area contributed by atoms with Gasteiger partial charge in [0.2, 0.25) is 0 Å². The molecule has 1 saturated heterocycles. The van der Waals surface area contributed by atoms with Gasteiger partial charge in [0.1, 0.15) is 0 Å². The Hall–Kier alpha value is -2.22. The first-order chi connectivity index (χ1) is 14.6. The lowest BCUT2D eigenvalue weighted by Crippen LogP contribution is -2.13. The van der Waals surface area contributed by atoms with E-state index in [1.807, 2.05) is 53.9 Å². The van der Waals surface area contributed by atoms with Crippen LogP contribution >= 0.6 is 39.5 Å². The van der Waals surface area contributed by atoms with Crippen LogP contribution in [0.5, 0.6) is 0 Å². The van der Waals surface area contributed by atoms with E-state index < -0.39 is 0 Å². The number of nitrogens with one attached hydrogen (secondary N) is 2. The molecule has 2 amide bonds. The normalized spacial score (nSPS) is 13.8. The lowest BCUT2D eigenvalue weighted by molar-refractivity contribution is 0.102. The van der Waals surface area contributed by atoms with Gasteiger partial charge in [0.25, 0.3) is 11.8 Å². The number of hydrogen-bond acceptors (Lipinski definition) is 4. The van der Waals surface area contributed by atoms with Crippen molar-refractivity contribution in [2.45, 2.75) is 4.58 Å². The first kappa shape index (κ1) is 21.0. The van der Waals surface area contributed by atoms with Crippen LogP contribution < -0.4 is 10.6 Å². The van der Waals surface area contributed by atoms with Crippen LogP contribution in [0.25, 0.3) is 0 Å². The first-order valence-electron chi connectivity index (χ1n) is 9.40. The standard InChI is InChI=1S/C23H19BrN2O2S2/c24-18-8-4-15(5-9-18)21(27)25-19-10-6-16(7-11-19)22(28)26-20-3-1-2-17(14-20)23-29-12-13-30-23/h1-11,14,23H,12-13H2,(H,25,27)(H,26,28). The van der Waals surface area contributed by atoms with Gasteiger partial charge in [-0.2, -0.15) is 0 Å². The summed E-state index contributed by atoms with van der Waals surface area (Å²) in [7, 11) is 0. The smallest absolute Gasteiger partial charge is 0.255 e. The first-order valence-corrected chi connectivity index (χ1v) is 12.3. The fourth-order valence-corrected chi connectivity index (χ4v) is 6.13. The van der Waals surface area contributed by atoms with Gasteiger partial charge in [-0.3, -0.25) is 9.59 Å². The Labute approximate surface area is 192 Å². The molecule has 152 valence electrons. The van der Waals surface area contributed by atoms with Crippen LogP contribution in [0.2, 0.25) is 0 Å². The second kappa shape index (κ2) is 9.73. The molecule has 30 heavy (non-hydrogen) atoms. The Morgan fingerprint density at radius 3 is 1.97 bits per heavy atom. The minimum Gasteiger partial charge on any atom is -0.322 e. The summed E-state index contributed by atoms with van der Waals surface area (Å²) < 4.78 is 1.36. The van der Waals surface area contributed by atoms with Crippen LogP contribution in [0.3, 0.4) is 0 Å². The summed E-state index contributed by atoms with van der Waals surface area (Å²) in [5.74, 6) is 1.96. The van der Waals surface area contributed by atoms with E-state index in [1.54, 1.807) is 36.4 Å². The zero-order valence-corrected chi connectivity index (χ0v) is 19.1. The molecule has 1 fully saturated rings. The number of carbonyl (C=O) groups is 2. The highest BCUT2D eigenvalue weighted by Crippen LogP contribution is 2.45. The molecule has 1 heterocycles. The predicted molar refractivity (Wildman–Crippen MR) is 131 cm³/mol. The van der Waals surface area contributed by atoms with Gasteiger partial charge in [0.15, 0.2) is 0 Å². The molecular weight excluding hydrogens is 480 g/mol. The molecule has 0 aliphatic carbocycles. The van der Waals surface area contributed by atoms with E-state index in [0.29, 0.717) is 21.4 Å². The maximum Gasteiger partial charge on any atom is 0.255 e. The SMILES string of the molecule is O=C(Nc1ccc(C(=O)Nc2cccc(C3SCCS3)c2)cc1)c1ccc(Br)cc1. The van der Waals surface area contributed by atoms with Gasteiger partial charge < -0.3 is 10.6 Å². The molecule has 7 heteroatoms. The van der Waals surface area contributed by atoms with Crippen molar-refractivity contribution in [2.75, 3.05) is 22.1 Å². The average Bonchev–Trinajstić information content (AvgIpc) is 3.30. The molecule has 0 bridgehead atoms. The van der Waals surface area contributed by atoms with Crippen molar-refractivity contribution in [2.24, 2.45) is 0 Å². The maximum absolute atomic E-state index is 12.6. The number of anilines is 2. The summed E-state index contributed by atoms with van der Waals surface area (Å²) >= 11 is 7.23. The Bertz CT molecular complexity index is 1050. The van der Waals surface area contributed by atoms with Crippen LogP contribution in [0.1, 0.15) is 30.9 Å². The number of thioether (sulfide) groups is 2. The second-order valence-corrected chi connectivity index (χ2v) is 10.3. The molecule has 0 saturated carbocycles. The van der Waals surface area contributed by atoms with E-state index >= 15 is 0 Å². The minimum atomic E-state index is -0.195. The minimum absolute atomic E-state index is 0.176. The molecular formula is C23H19BrN2O2S2. The van der Waals surface area contributed by atoms with Gasteiger partial charge >= 0.3 is 0 Å². The van der Waals surface area contributed by atoms with E-state index in [0.717, 1.165) is 21.7 Å². The van der Waals surface area contributed by atoms with E-state index in [1.165, 1.54) is 5.56 Å². The molecule has 0 atom stereocenters. The third-order valence-electron chi connectivity index (χ3n) is 4.55. The van der Waals surface area contributed by atoms with Crippen LogP contribution in [0.4, 0.5) is 11.4 Å². The highest BCUT2D eigenvalue weighted by molar-refractivity contribution is 9.10. The number of halogens is 1. The summed E-state index contributed by atoms with van der Waals surface area (Å²) in [6, 6.07) is 22.0. The zero-order valence-electron chi connectivity index (χ0n) is 15.9. The Morgan fingerprint density at radius 1 is 0.767 bits per heavy atom. The number of benzene rings is 3. The van der Waals surface area contributed by atoms with Crippen LogP contribution in [-0.2, 0) is 0 Å². The van der Waals surface area contributed by atoms with Crippen molar-refractivity contribution in [1.82, 2.24) is 0 Å². The van der Waals surface area contributed by atoms with Gasteiger partial charge in [0.05, 0.1) is 4.58 Å². The lowest BCUT2D eigenvalue weighted by atomic mass is 10.1. The van der Waals surface area contributed by atoms with Crippen molar-refractivity contribution in [1.29, 1.82) is 0 Å². The van der Waals surface area contributed by atoms with Crippen molar-refractivity contribution in [3.63, 3.8) is 0 Å². The topological polar surface area (TPSA) is 58.2 Å². The van der Waals surface area contributed by atoms with Gasteiger partial charge in [-0.05, 0) is 66.2 Å². The monoisotopic (exact) mass is 498 g/mol. The number of carbonyl (C=O) groups excluding carboxylic acids is 2. The average molecular weight is 499 g/mol. The fourth-order valence-electron chi connectivity index (χ4n) is 3.03. The fraction of sp³-hybridized carbons (Fsp3) is 0.130. The summed E-state index contributed by atoms with van der Waals surface area (Å²) in [6.45, 7) is 0. The van der Waals surface area contributed by atoms with Gasteiger partial charge in [-0.15, -0.1) is 23.5 Å². The van der Waals surface area contributed by atoms with Gasteiger partial charge in [0, 0.05) is 38.5 Å². The van der Waals surface area contributed by atoms with Crippen molar-refractivity contribution in [3.8, 4) is 0 Å². The third kappa shape index (κ3) is 5.28. The predicted octanol–water partition coefficient (Wildman–Crippen LogP) is 6.43. The molecule has 3 aromatic rings. The second-order valence-electron chi connectivity index (χ2n) is 6.69. The van der Waals surface area contributed by atoms with E-state index in [4.69, 9.17) is 0 Å². The van der Waals surface area contributed by atoms with Gasteiger partial charge in [-0.1, -0.05) is 28.1 Å². The molecule has 0 radical (unpaired) electrons. The Morgan fingerprint density at radius 2 is 1.33 bits per heavy atom. The van der Waals surface area contributed by atoms with Crippen molar-refractivity contribution >= 4 is 62.6 Å². The summed E-state index contributed by atoms with van der Waals surface area (Å²) in [5, 5.41) is 5.81. The largest absolute Gasteiger partial charge is 0.322 e. The van der Waals surface area contributed by atoms with Crippen molar-refractivity contribution < 1.29 is 9.59 Å². The Kier molecular flexibility index (Phi) is 6.82. The molecule has 0 spiro atoms. The van der Waals surface area contributed by atoms with E-state index in [2.05, 4.69) is 32.6 Å². The Balaban J connectivity index is 1.39. The molecule has 1 aliphatic rings. The molecule has 4 rings (SSSR count). The van der Waals surface area contributed by atoms with Crippen LogP contribution in [-0.4, -0.2) is 23.3 Å². The summed E-state index contributed by atoms with van der Waals surface area (Å²) in [4.78, 5) is 24.9. The molecule has 4 nitrogen and oxygen atoms in total. The molecule has 2 N–H and O–H groups in total. The highest BCUT2D eigenvalue weighted by atomic mass is 79.9. The number of rotatable bonds is 5. The lowest BCUT2D eigenvalue weighted by Gasteiger charge is -2.11. The molecule has 3 aromatic carbocycles. The maximum atomic E-state index is 12.6. The van der Waals surface area contributed by atoms with E-state index in [-0.39, 0.29) is 11.8 Å². The molecule has 1 aliphatic heterocycles. The molecule has 0 unspecified atom stereocenters. The quantitative estimate of drug-likeness (QED) is 0.425. The highest BCUT2D eigenvalue weighted by Gasteiger charge is 2.18. The number of hydrogen-bond donors (Lipinski definition) is 2. The van der Waals surface area contributed by atoms with Crippen LogP contribution in [0, 0.1) is 0 Å². The third-order valence-corrected chi connectivity index (χ3v) is 8.18. The number of amides is 2. The zero-order chi connectivity index (χ0) is 20.9. The van der Waals surface area contributed by atoms with E-state index in [9.17, 15) is 9.59 Å². The summed E-state index contributed by atoms with van der Waals surface area (Å²) in [5.41, 5.74) is 3.76.